The monoisotopic (exact) mass is 329 g/mol. The maximum absolute atomic E-state index is 12.3. The number of alkyl halides is 2. The second kappa shape index (κ2) is 7.34. The Labute approximate surface area is 131 Å². The van der Waals surface area contributed by atoms with Crippen molar-refractivity contribution in [2.45, 2.75) is 37.6 Å². The van der Waals surface area contributed by atoms with E-state index < -0.39 is 25.0 Å². The number of ether oxygens (including phenoxy) is 2. The van der Waals surface area contributed by atoms with Gasteiger partial charge in [-0.05, 0) is 17.7 Å². The van der Waals surface area contributed by atoms with Gasteiger partial charge in [-0.2, -0.15) is 0 Å². The Kier molecular flexibility index (Phi) is 5.46. The van der Waals surface area contributed by atoms with Gasteiger partial charge in [-0.1, -0.05) is 6.07 Å². The van der Waals surface area contributed by atoms with E-state index >= 15 is 0 Å². The van der Waals surface area contributed by atoms with E-state index in [1.54, 1.807) is 6.07 Å². The van der Waals surface area contributed by atoms with Crippen molar-refractivity contribution in [2.24, 2.45) is 0 Å². The highest BCUT2D eigenvalue weighted by Gasteiger charge is 2.38. The molecule has 1 saturated carbocycles. The van der Waals surface area contributed by atoms with Gasteiger partial charge in [0.05, 0.1) is 13.0 Å². The van der Waals surface area contributed by atoms with Crippen LogP contribution in [0.3, 0.4) is 0 Å². The molecule has 8 heteroatoms. The maximum atomic E-state index is 12.3. The molecule has 1 aliphatic rings. The van der Waals surface area contributed by atoms with Crippen molar-refractivity contribution in [3.63, 3.8) is 0 Å². The van der Waals surface area contributed by atoms with Crippen LogP contribution >= 0.6 is 0 Å². The minimum atomic E-state index is -2.65. The molecule has 0 N–H and O–H groups in total. The second-order valence-corrected chi connectivity index (χ2v) is 5.35. The van der Waals surface area contributed by atoms with Gasteiger partial charge in [-0.25, -0.2) is 8.78 Å². The van der Waals surface area contributed by atoms with Crippen LogP contribution in [0.15, 0.2) is 18.2 Å². The van der Waals surface area contributed by atoms with Gasteiger partial charge in [0.2, 0.25) is 6.04 Å². The van der Waals surface area contributed by atoms with Crippen LogP contribution in [-0.4, -0.2) is 36.9 Å². The van der Waals surface area contributed by atoms with Gasteiger partial charge in [0, 0.05) is 24.2 Å². The van der Waals surface area contributed by atoms with Crippen LogP contribution < -0.4 is 9.47 Å². The van der Waals surface area contributed by atoms with Crippen LogP contribution in [0.2, 0.25) is 0 Å². The van der Waals surface area contributed by atoms with Crippen LogP contribution in [0.5, 0.6) is 11.5 Å². The summed E-state index contributed by atoms with van der Waals surface area (Å²) in [7, 11) is 1.37. The summed E-state index contributed by atoms with van der Waals surface area (Å²) in [6, 6.07) is 3.69. The summed E-state index contributed by atoms with van der Waals surface area (Å²) in [5, 5.41) is 11.2. The quantitative estimate of drug-likeness (QED) is 0.592. The van der Waals surface area contributed by atoms with E-state index in [1.165, 1.54) is 19.2 Å². The fraction of sp³-hybridized carbons (Fsp3) is 0.533. The minimum Gasteiger partial charge on any atom is -0.493 e. The predicted octanol–water partition coefficient (Wildman–Crippen LogP) is 2.82. The highest BCUT2D eigenvalue weighted by Crippen LogP contribution is 2.37. The highest BCUT2D eigenvalue weighted by atomic mass is 19.3. The Hall–Kier alpha value is -2.25. The fourth-order valence-electron chi connectivity index (χ4n) is 2.78. The van der Waals surface area contributed by atoms with Gasteiger partial charge in [-0.15, -0.1) is 0 Å². The summed E-state index contributed by atoms with van der Waals surface area (Å²) in [5.41, 5.74) is 0.518. The van der Waals surface area contributed by atoms with Crippen molar-refractivity contribution < 1.29 is 28.0 Å². The lowest BCUT2D eigenvalue weighted by Gasteiger charge is -2.25. The third-order valence-electron chi connectivity index (χ3n) is 3.88. The molecule has 0 radical (unpaired) electrons. The fourth-order valence-corrected chi connectivity index (χ4v) is 2.78. The standard InChI is InChI=1S/C15H17F2NO5/c1-22-13-5-2-9(6-14(13)23-8-15(16)17)11-7-10(19)3-4-12(11)18(20)21/h2,5-6,11-12,15H,3-4,7-8H2,1H3. The molecule has 1 aromatic rings. The summed E-state index contributed by atoms with van der Waals surface area (Å²) < 4.78 is 34.7. The molecule has 0 amide bonds. The Balaban J connectivity index is 2.31. The Morgan fingerprint density at radius 1 is 1.39 bits per heavy atom. The van der Waals surface area contributed by atoms with E-state index in [0.29, 0.717) is 5.56 Å². The first-order valence-electron chi connectivity index (χ1n) is 7.16. The van der Waals surface area contributed by atoms with Crippen LogP contribution in [0.25, 0.3) is 0 Å². The van der Waals surface area contributed by atoms with Gasteiger partial charge in [0.25, 0.3) is 6.43 Å². The normalized spacial score (nSPS) is 21.3. The van der Waals surface area contributed by atoms with E-state index in [2.05, 4.69) is 0 Å². The van der Waals surface area contributed by atoms with Crippen molar-refractivity contribution in [1.82, 2.24) is 0 Å². The van der Waals surface area contributed by atoms with Crippen LogP contribution in [0.1, 0.15) is 30.7 Å². The number of nitro groups is 1. The van der Waals surface area contributed by atoms with Crippen LogP contribution in [0, 0.1) is 10.1 Å². The zero-order valence-electron chi connectivity index (χ0n) is 12.5. The average molecular weight is 329 g/mol. The summed E-state index contributed by atoms with van der Waals surface area (Å²) in [5.74, 6) is -0.287. The van der Waals surface area contributed by atoms with E-state index in [-0.39, 0.29) is 41.5 Å². The maximum Gasteiger partial charge on any atom is 0.272 e. The van der Waals surface area contributed by atoms with Gasteiger partial charge in [0.15, 0.2) is 11.5 Å². The Bertz CT molecular complexity index is 593. The average Bonchev–Trinajstić information content (AvgIpc) is 2.52. The van der Waals surface area contributed by atoms with Gasteiger partial charge in [-0.3, -0.25) is 14.9 Å². The minimum absolute atomic E-state index is 0.0426. The highest BCUT2D eigenvalue weighted by molar-refractivity contribution is 5.80. The first-order valence-corrected chi connectivity index (χ1v) is 7.16. The number of carbonyl (C=O) groups excluding carboxylic acids is 1. The van der Waals surface area contributed by atoms with Crippen molar-refractivity contribution in [3.05, 3.63) is 33.9 Å². The zero-order valence-corrected chi connectivity index (χ0v) is 12.5. The van der Waals surface area contributed by atoms with Gasteiger partial charge in [0.1, 0.15) is 12.4 Å². The van der Waals surface area contributed by atoms with Crippen LogP contribution in [0.4, 0.5) is 8.78 Å². The Morgan fingerprint density at radius 3 is 2.74 bits per heavy atom. The number of ketones is 1. The van der Waals surface area contributed by atoms with Crippen molar-refractivity contribution >= 4 is 5.78 Å². The summed E-state index contributed by atoms with van der Waals surface area (Å²) >= 11 is 0. The van der Waals surface area contributed by atoms with E-state index in [1.807, 2.05) is 0 Å². The lowest BCUT2D eigenvalue weighted by molar-refractivity contribution is -0.528. The van der Waals surface area contributed by atoms with E-state index in [0.717, 1.165) is 0 Å². The first kappa shape index (κ1) is 17.1. The third kappa shape index (κ3) is 4.14. The third-order valence-corrected chi connectivity index (χ3v) is 3.88. The van der Waals surface area contributed by atoms with Crippen molar-refractivity contribution in [1.29, 1.82) is 0 Å². The topological polar surface area (TPSA) is 78.7 Å². The smallest absolute Gasteiger partial charge is 0.272 e. The largest absolute Gasteiger partial charge is 0.493 e. The molecule has 1 aliphatic carbocycles. The first-order chi connectivity index (χ1) is 10.9. The molecule has 0 aromatic heterocycles. The van der Waals surface area contributed by atoms with Gasteiger partial charge < -0.3 is 9.47 Å². The molecule has 1 fully saturated rings. The van der Waals surface area contributed by atoms with E-state index in [9.17, 15) is 23.7 Å². The number of hydrogen-bond donors (Lipinski definition) is 0. The van der Waals surface area contributed by atoms with E-state index in [4.69, 9.17) is 9.47 Å². The molecule has 0 aliphatic heterocycles. The van der Waals surface area contributed by atoms with Crippen LogP contribution in [-0.2, 0) is 4.79 Å². The number of benzene rings is 1. The molecule has 23 heavy (non-hydrogen) atoms. The molecular formula is C15H17F2NO5. The molecule has 6 nitrogen and oxygen atoms in total. The summed E-state index contributed by atoms with van der Waals surface area (Å²) in [4.78, 5) is 22.5. The molecule has 1 aromatic carbocycles. The molecule has 0 saturated heterocycles. The lowest BCUT2D eigenvalue weighted by atomic mass is 9.79. The molecule has 0 heterocycles. The number of Topliss-reactive ketones (excluding diaryl/α,β-unsaturated/α-hetero) is 1. The molecule has 2 unspecified atom stereocenters. The van der Waals surface area contributed by atoms with Crippen molar-refractivity contribution in [3.8, 4) is 11.5 Å². The molecule has 2 rings (SSSR count). The predicted molar refractivity (Wildman–Crippen MR) is 76.9 cm³/mol. The number of hydrogen-bond acceptors (Lipinski definition) is 5. The number of halogens is 2. The Morgan fingerprint density at radius 2 is 2.13 bits per heavy atom. The SMILES string of the molecule is COc1ccc(C2CC(=O)CCC2[N+](=O)[O-])cc1OCC(F)F. The number of methoxy groups -OCH3 is 1. The number of nitrogens with zero attached hydrogens (tertiary/aromatic N) is 1. The molecule has 126 valence electrons. The lowest BCUT2D eigenvalue weighted by Crippen LogP contribution is -2.34. The molecule has 0 bridgehead atoms. The summed E-state index contributed by atoms with van der Waals surface area (Å²) in [6.45, 7) is -0.803. The molecular weight excluding hydrogens is 312 g/mol. The second-order valence-electron chi connectivity index (χ2n) is 5.35. The molecule has 0 spiro atoms. The number of rotatable bonds is 6. The van der Waals surface area contributed by atoms with Crippen molar-refractivity contribution in [2.75, 3.05) is 13.7 Å². The molecule has 2 atom stereocenters. The zero-order chi connectivity index (χ0) is 17.0. The van der Waals surface area contributed by atoms with Gasteiger partial charge >= 0.3 is 0 Å². The summed E-state index contributed by atoms with van der Waals surface area (Å²) in [6.07, 6.45) is -2.22. The number of carbonyl (C=O) groups is 1.